The van der Waals surface area contributed by atoms with Crippen LogP contribution in [0.5, 0.6) is 5.75 Å². The molecule has 4 N–H and O–H groups in total. The Bertz CT molecular complexity index is 1530. The third kappa shape index (κ3) is 11.9. The number of non-ortho nitro benzene ring substituents is 1. The van der Waals surface area contributed by atoms with Gasteiger partial charge < -0.3 is 35.2 Å². The number of hydrogen-bond acceptors (Lipinski definition) is 11. The number of halogens is 2. The molecule has 2 aromatic rings. The van der Waals surface area contributed by atoms with Crippen LogP contribution in [0.2, 0.25) is 0 Å². The summed E-state index contributed by atoms with van der Waals surface area (Å²) in [4.78, 5) is 38.0. The lowest BCUT2D eigenvalue weighted by Gasteiger charge is -2.37. The Balaban J connectivity index is 0.00000600. The van der Waals surface area contributed by atoms with E-state index < -0.39 is 29.0 Å². The average molecular weight is 723 g/mol. The Labute approximate surface area is 298 Å². The number of anilines is 1. The molecular weight excluding hydrogens is 677 g/mol. The van der Waals surface area contributed by atoms with E-state index in [9.17, 15) is 35.2 Å². The largest absolute Gasteiger partial charge is 0.491 e. The van der Waals surface area contributed by atoms with Crippen LogP contribution < -0.4 is 15.4 Å². The minimum atomic E-state index is -1.30. The number of nitrogens with one attached hydrogen (secondary N) is 2. The number of carbonyl (C=O) groups is 2. The highest BCUT2D eigenvalue weighted by Gasteiger charge is 2.39. The smallest absolute Gasteiger partial charge is 0.341 e. The molecule has 0 radical (unpaired) electrons. The van der Waals surface area contributed by atoms with Crippen LogP contribution in [0.15, 0.2) is 65.4 Å². The van der Waals surface area contributed by atoms with Crippen molar-refractivity contribution in [2.24, 2.45) is 0 Å². The molecule has 1 aliphatic rings. The van der Waals surface area contributed by atoms with Gasteiger partial charge in [0.25, 0.3) is 5.69 Å². The Morgan fingerprint density at radius 2 is 1.78 bits per heavy atom. The quantitative estimate of drug-likeness (QED) is 0.0671. The third-order valence-corrected chi connectivity index (χ3v) is 7.71. The van der Waals surface area contributed by atoms with Gasteiger partial charge in [-0.2, -0.15) is 5.26 Å². The third-order valence-electron chi connectivity index (χ3n) is 7.71. The monoisotopic (exact) mass is 721 g/mol. The molecule has 0 saturated heterocycles. The van der Waals surface area contributed by atoms with E-state index in [1.165, 1.54) is 24.3 Å². The minimum absolute atomic E-state index is 0. The van der Waals surface area contributed by atoms with Gasteiger partial charge in [-0.05, 0) is 49.6 Å². The molecule has 15 heteroatoms. The second-order valence-corrected chi connectivity index (χ2v) is 11.5. The molecule has 0 fully saturated rings. The fourth-order valence-electron chi connectivity index (χ4n) is 5.33. The number of hydrogen-bond donors (Lipinski definition) is 4. The zero-order valence-corrected chi connectivity index (χ0v) is 29.6. The van der Waals surface area contributed by atoms with Crippen LogP contribution in [-0.4, -0.2) is 83.5 Å². The summed E-state index contributed by atoms with van der Waals surface area (Å²) in [7, 11) is 1.13. The van der Waals surface area contributed by atoms with E-state index in [0.29, 0.717) is 25.3 Å². The summed E-state index contributed by atoms with van der Waals surface area (Å²) in [5.41, 5.74) is 0.324. The lowest BCUT2D eigenvalue weighted by Crippen LogP contribution is -2.42. The summed E-state index contributed by atoms with van der Waals surface area (Å²) < 4.78 is 10.6. The number of carboxylic acid groups (broad SMARTS) is 1. The number of methoxy groups -OCH3 is 1. The first-order valence-corrected chi connectivity index (χ1v) is 15.6. The van der Waals surface area contributed by atoms with Crippen LogP contribution in [0, 0.1) is 21.4 Å². The van der Waals surface area contributed by atoms with E-state index in [1.807, 2.05) is 38.1 Å². The van der Waals surface area contributed by atoms with Crippen molar-refractivity contribution in [1.29, 1.82) is 5.26 Å². The molecule has 0 spiro atoms. The van der Waals surface area contributed by atoms with Gasteiger partial charge in [0.2, 0.25) is 0 Å². The van der Waals surface area contributed by atoms with Gasteiger partial charge in [-0.1, -0.05) is 38.8 Å². The van der Waals surface area contributed by atoms with Crippen LogP contribution in [0.1, 0.15) is 52.0 Å². The Hall–Kier alpha value is -4.35. The summed E-state index contributed by atoms with van der Waals surface area (Å²) in [6, 6.07) is 14.4. The van der Waals surface area contributed by atoms with E-state index >= 15 is 0 Å². The van der Waals surface area contributed by atoms with Crippen LogP contribution in [-0.2, 0) is 14.3 Å². The van der Waals surface area contributed by atoms with Crippen molar-refractivity contribution in [3.8, 4) is 11.8 Å². The number of carboxylic acids is 1. The van der Waals surface area contributed by atoms with Gasteiger partial charge in [-0.25, -0.2) is 9.59 Å². The number of carbonyl (C=O) groups excluding carboxylic acids is 1. The summed E-state index contributed by atoms with van der Waals surface area (Å²) in [5.74, 6) is -1.53. The number of esters is 1. The molecule has 1 aliphatic heterocycles. The van der Waals surface area contributed by atoms with Crippen molar-refractivity contribution in [2.75, 3.05) is 38.7 Å². The van der Waals surface area contributed by atoms with Crippen LogP contribution in [0.4, 0.5) is 11.4 Å². The highest BCUT2D eigenvalue weighted by Crippen LogP contribution is 2.40. The number of aliphatic hydroxyl groups is 1. The van der Waals surface area contributed by atoms with Crippen molar-refractivity contribution in [2.45, 2.75) is 64.6 Å². The van der Waals surface area contributed by atoms with E-state index in [0.717, 1.165) is 38.6 Å². The van der Waals surface area contributed by atoms with Gasteiger partial charge in [0.1, 0.15) is 35.8 Å². The lowest BCUT2D eigenvalue weighted by atomic mass is 9.84. The number of nitriles is 1. The highest BCUT2D eigenvalue weighted by atomic mass is 35.5. The van der Waals surface area contributed by atoms with Gasteiger partial charge in [0, 0.05) is 49.1 Å². The summed E-state index contributed by atoms with van der Waals surface area (Å²) in [6.45, 7) is 7.38. The first kappa shape index (κ1) is 42.7. The van der Waals surface area contributed by atoms with Crippen LogP contribution >= 0.6 is 24.8 Å². The number of aliphatic carboxylic acids is 1. The van der Waals surface area contributed by atoms with Crippen molar-refractivity contribution in [3.05, 3.63) is 81.1 Å². The zero-order chi connectivity index (χ0) is 34.5. The van der Waals surface area contributed by atoms with Gasteiger partial charge >= 0.3 is 11.9 Å². The van der Waals surface area contributed by atoms with Crippen LogP contribution in [0.3, 0.4) is 0 Å². The van der Waals surface area contributed by atoms with E-state index in [1.54, 1.807) is 11.8 Å². The van der Waals surface area contributed by atoms with E-state index in [2.05, 4.69) is 16.7 Å². The molecule has 0 saturated carbocycles. The number of nitrogens with zero attached hydrogens (tertiary/aromatic N) is 3. The molecule has 2 aromatic carbocycles. The van der Waals surface area contributed by atoms with Crippen molar-refractivity contribution >= 4 is 53.7 Å². The SMILES string of the molecule is COC(=O)C1=C(C#N)N(CCCCCCNc2ccc(OCC(O)CNC(C)C)cc2)C(C)C(C(=O)O)=C1c1cccc([N+](=O)[O-])c1.Cl.Cl. The molecular formula is C34H45Cl2N5O8. The molecule has 2 atom stereocenters. The fourth-order valence-corrected chi connectivity index (χ4v) is 5.33. The normalized spacial score (nSPS) is 14.7. The molecule has 2 unspecified atom stereocenters. The Morgan fingerprint density at radius 1 is 1.10 bits per heavy atom. The second kappa shape index (κ2) is 20.9. The molecule has 13 nitrogen and oxygen atoms in total. The molecule has 0 bridgehead atoms. The highest BCUT2D eigenvalue weighted by molar-refractivity contribution is 6.14. The Morgan fingerprint density at radius 3 is 2.37 bits per heavy atom. The number of nitro groups is 1. The van der Waals surface area contributed by atoms with Crippen LogP contribution in [0.25, 0.3) is 5.57 Å². The first-order valence-electron chi connectivity index (χ1n) is 15.6. The number of ether oxygens (including phenoxy) is 2. The van der Waals surface area contributed by atoms with Crippen molar-refractivity contribution < 1.29 is 34.2 Å². The summed E-state index contributed by atoms with van der Waals surface area (Å²) >= 11 is 0. The summed E-state index contributed by atoms with van der Waals surface area (Å²) in [5, 5.41) is 48.3. The van der Waals surface area contributed by atoms with E-state index in [-0.39, 0.29) is 71.1 Å². The number of aliphatic hydroxyl groups excluding tert-OH is 1. The van der Waals surface area contributed by atoms with Crippen molar-refractivity contribution in [3.63, 3.8) is 0 Å². The minimum Gasteiger partial charge on any atom is -0.491 e. The number of nitro benzene ring substituents is 1. The van der Waals surface area contributed by atoms with E-state index in [4.69, 9.17) is 9.47 Å². The zero-order valence-electron chi connectivity index (χ0n) is 28.0. The molecule has 1 heterocycles. The Kier molecular flexibility index (Phi) is 18.2. The molecule has 0 aliphatic carbocycles. The fraction of sp³-hybridized carbons (Fsp3) is 0.441. The van der Waals surface area contributed by atoms with Gasteiger partial charge in [-0.15, -0.1) is 24.8 Å². The number of benzene rings is 2. The predicted octanol–water partition coefficient (Wildman–Crippen LogP) is 5.34. The van der Waals surface area contributed by atoms with Gasteiger partial charge in [0.15, 0.2) is 0 Å². The lowest BCUT2D eigenvalue weighted by molar-refractivity contribution is -0.384. The second-order valence-electron chi connectivity index (χ2n) is 11.5. The van der Waals surface area contributed by atoms with Crippen molar-refractivity contribution in [1.82, 2.24) is 10.2 Å². The predicted molar refractivity (Wildman–Crippen MR) is 191 cm³/mol. The number of rotatable bonds is 18. The maximum absolute atomic E-state index is 13.0. The first-order chi connectivity index (χ1) is 22.5. The summed E-state index contributed by atoms with van der Waals surface area (Å²) in [6.07, 6.45) is 2.57. The van der Waals surface area contributed by atoms with Gasteiger partial charge in [-0.3, -0.25) is 10.1 Å². The molecule has 0 aromatic heterocycles. The van der Waals surface area contributed by atoms with Gasteiger partial charge in [0.05, 0.1) is 23.6 Å². The number of allylic oxidation sites excluding steroid dienone is 1. The molecule has 3 rings (SSSR count). The maximum Gasteiger partial charge on any atom is 0.341 e. The molecule has 0 amide bonds. The molecule has 49 heavy (non-hydrogen) atoms. The standard InChI is InChI=1S/C34H43N5O8.2ClH/c1-22(2)37-20-27(40)21-47-28-14-12-25(13-15-28)36-16-7-5-6-8-17-38-23(3)30(33(41)42)31(32(29(38)19-35)34(43)46-4)24-10-9-11-26(18-24)39(44)45;;/h9-15,18,22-23,27,36-37,40H,5-8,16-17,20-21H2,1-4H3,(H,41,42);2*1H. The molecule has 268 valence electrons. The topological polar surface area (TPSA) is 187 Å². The maximum atomic E-state index is 13.0. The number of unbranched alkanes of at least 4 members (excludes halogenated alkanes) is 3. The average Bonchev–Trinajstić information content (AvgIpc) is 3.05.